The van der Waals surface area contributed by atoms with Crippen LogP contribution in [0.5, 0.6) is 0 Å². The predicted molar refractivity (Wildman–Crippen MR) is 51.9 cm³/mol. The Hall–Kier alpha value is -1.67. The van der Waals surface area contributed by atoms with E-state index >= 15 is 0 Å². The van der Waals surface area contributed by atoms with Crippen LogP contribution in [-0.2, 0) is 4.74 Å². The van der Waals surface area contributed by atoms with Crippen LogP contribution in [0.2, 0.25) is 0 Å². The monoisotopic (exact) mass is 192 g/mol. The highest BCUT2D eigenvalue weighted by molar-refractivity contribution is 5.48. The van der Waals surface area contributed by atoms with Crippen LogP contribution in [0.4, 0.5) is 5.82 Å². The van der Waals surface area contributed by atoms with E-state index in [1.54, 1.807) is 13.3 Å². The first-order valence-electron chi connectivity index (χ1n) is 4.20. The molecule has 0 spiro atoms. The Bertz CT molecular complexity index is 334. The Morgan fingerprint density at radius 2 is 2.21 bits per heavy atom. The van der Waals surface area contributed by atoms with Crippen LogP contribution < -0.4 is 4.90 Å². The smallest absolute Gasteiger partial charge is 0.183 e. The van der Waals surface area contributed by atoms with Gasteiger partial charge in [-0.25, -0.2) is 9.97 Å². The predicted octanol–water partition coefficient (Wildman–Crippen LogP) is 0.431. The molecule has 0 aliphatic carbocycles. The fourth-order valence-corrected chi connectivity index (χ4v) is 1.02. The molecule has 74 valence electrons. The van der Waals surface area contributed by atoms with E-state index in [-0.39, 0.29) is 0 Å². The number of anilines is 1. The molecule has 0 atom stereocenters. The van der Waals surface area contributed by atoms with Crippen LogP contribution in [0.15, 0.2) is 12.4 Å². The summed E-state index contributed by atoms with van der Waals surface area (Å²) in [6.07, 6.45) is 3.08. The second-order valence-corrected chi connectivity index (χ2v) is 2.75. The molecule has 1 rings (SSSR count). The molecule has 0 fully saturated rings. The molecule has 5 heteroatoms. The van der Waals surface area contributed by atoms with Crippen molar-refractivity contribution < 1.29 is 4.74 Å². The van der Waals surface area contributed by atoms with Crippen molar-refractivity contribution in [2.75, 3.05) is 32.2 Å². The summed E-state index contributed by atoms with van der Waals surface area (Å²) in [6, 6.07) is 2.00. The van der Waals surface area contributed by atoms with Gasteiger partial charge in [0.05, 0.1) is 6.61 Å². The summed E-state index contributed by atoms with van der Waals surface area (Å²) in [4.78, 5) is 9.85. The molecule has 1 aromatic heterocycles. The van der Waals surface area contributed by atoms with Gasteiger partial charge in [0, 0.05) is 33.1 Å². The molecule has 0 aliphatic heterocycles. The molecule has 0 saturated heterocycles. The van der Waals surface area contributed by atoms with E-state index in [9.17, 15) is 0 Å². The van der Waals surface area contributed by atoms with Crippen LogP contribution in [0.1, 0.15) is 5.69 Å². The second-order valence-electron chi connectivity index (χ2n) is 2.75. The third kappa shape index (κ3) is 2.41. The zero-order chi connectivity index (χ0) is 10.4. The zero-order valence-electron chi connectivity index (χ0n) is 8.27. The maximum absolute atomic E-state index is 8.78. The number of nitrogens with zero attached hydrogens (tertiary/aromatic N) is 4. The van der Waals surface area contributed by atoms with Crippen molar-refractivity contribution >= 4 is 5.82 Å². The maximum atomic E-state index is 8.78. The van der Waals surface area contributed by atoms with Crippen LogP contribution in [0.3, 0.4) is 0 Å². The lowest BCUT2D eigenvalue weighted by Crippen LogP contribution is -2.24. The van der Waals surface area contributed by atoms with Gasteiger partial charge >= 0.3 is 0 Å². The summed E-state index contributed by atoms with van der Waals surface area (Å²) in [7, 11) is 3.49. The van der Waals surface area contributed by atoms with Gasteiger partial charge in [-0.2, -0.15) is 5.26 Å². The van der Waals surface area contributed by atoms with Gasteiger partial charge in [-0.1, -0.05) is 0 Å². The molecule has 1 aromatic rings. The van der Waals surface area contributed by atoms with Gasteiger partial charge < -0.3 is 9.64 Å². The van der Waals surface area contributed by atoms with Crippen molar-refractivity contribution in [2.24, 2.45) is 0 Å². The first-order chi connectivity index (χ1) is 6.79. The average molecular weight is 192 g/mol. The van der Waals surface area contributed by atoms with E-state index in [1.807, 2.05) is 18.0 Å². The largest absolute Gasteiger partial charge is 0.383 e. The van der Waals surface area contributed by atoms with E-state index in [2.05, 4.69) is 9.97 Å². The fraction of sp³-hybridized carbons (Fsp3) is 0.444. The fourth-order valence-electron chi connectivity index (χ4n) is 1.02. The van der Waals surface area contributed by atoms with E-state index in [0.29, 0.717) is 24.7 Å². The van der Waals surface area contributed by atoms with Gasteiger partial charge in [-0.05, 0) is 0 Å². The van der Waals surface area contributed by atoms with E-state index in [1.165, 1.54) is 6.20 Å². The van der Waals surface area contributed by atoms with Crippen molar-refractivity contribution in [2.45, 2.75) is 0 Å². The molecule has 5 nitrogen and oxygen atoms in total. The Kier molecular flexibility index (Phi) is 3.83. The SMILES string of the molecule is COCCN(C)c1nccnc1C#N. The summed E-state index contributed by atoms with van der Waals surface area (Å²) in [5, 5.41) is 8.78. The van der Waals surface area contributed by atoms with Crippen LogP contribution in [-0.4, -0.2) is 37.3 Å². The lowest BCUT2D eigenvalue weighted by molar-refractivity contribution is 0.206. The van der Waals surface area contributed by atoms with Gasteiger partial charge in [0.2, 0.25) is 0 Å². The zero-order valence-corrected chi connectivity index (χ0v) is 8.27. The van der Waals surface area contributed by atoms with Gasteiger partial charge in [0.15, 0.2) is 11.5 Å². The van der Waals surface area contributed by atoms with Crippen molar-refractivity contribution in [3.05, 3.63) is 18.1 Å². The first-order valence-corrected chi connectivity index (χ1v) is 4.20. The Balaban J connectivity index is 2.79. The molecule has 0 N–H and O–H groups in total. The Morgan fingerprint density at radius 3 is 2.86 bits per heavy atom. The van der Waals surface area contributed by atoms with Crippen molar-refractivity contribution in [1.29, 1.82) is 5.26 Å². The van der Waals surface area contributed by atoms with Crippen LogP contribution in [0, 0.1) is 11.3 Å². The summed E-state index contributed by atoms with van der Waals surface area (Å²) in [5.41, 5.74) is 0.339. The second kappa shape index (κ2) is 5.14. The highest BCUT2D eigenvalue weighted by atomic mass is 16.5. The van der Waals surface area contributed by atoms with Gasteiger partial charge in [-0.3, -0.25) is 0 Å². The molecular formula is C9H12N4O. The van der Waals surface area contributed by atoms with Crippen molar-refractivity contribution in [3.8, 4) is 6.07 Å². The molecule has 0 radical (unpaired) electrons. The standard InChI is InChI=1S/C9H12N4O/c1-13(5-6-14-2)9-8(7-10)11-3-4-12-9/h3-4H,5-6H2,1-2H3. The quantitative estimate of drug-likeness (QED) is 0.692. The summed E-state index contributed by atoms with van der Waals surface area (Å²) < 4.78 is 4.93. The minimum absolute atomic E-state index is 0.339. The van der Waals surface area contributed by atoms with Gasteiger partial charge in [0.25, 0.3) is 0 Å². The van der Waals surface area contributed by atoms with Crippen LogP contribution in [0.25, 0.3) is 0 Å². The van der Waals surface area contributed by atoms with Crippen LogP contribution >= 0.6 is 0 Å². The minimum atomic E-state index is 0.339. The molecule has 0 aliphatic rings. The van der Waals surface area contributed by atoms with E-state index in [0.717, 1.165) is 0 Å². The normalized spacial score (nSPS) is 9.50. The number of rotatable bonds is 4. The molecule has 0 saturated carbocycles. The molecule has 0 aromatic carbocycles. The third-order valence-corrected chi connectivity index (χ3v) is 1.78. The number of aromatic nitrogens is 2. The molecule has 1 heterocycles. The Morgan fingerprint density at radius 1 is 1.50 bits per heavy atom. The topological polar surface area (TPSA) is 62.0 Å². The Labute approximate surface area is 83.0 Å². The highest BCUT2D eigenvalue weighted by Crippen LogP contribution is 2.10. The number of methoxy groups -OCH3 is 1. The summed E-state index contributed by atoms with van der Waals surface area (Å²) in [6.45, 7) is 1.28. The molecule has 0 amide bonds. The molecule has 0 bridgehead atoms. The maximum Gasteiger partial charge on any atom is 0.183 e. The van der Waals surface area contributed by atoms with Gasteiger partial charge in [-0.15, -0.1) is 0 Å². The van der Waals surface area contributed by atoms with Crippen molar-refractivity contribution in [1.82, 2.24) is 9.97 Å². The molecule has 0 unspecified atom stereocenters. The number of likely N-dealkylation sites (N-methyl/N-ethyl adjacent to an activating group) is 1. The number of hydrogen-bond donors (Lipinski definition) is 0. The highest BCUT2D eigenvalue weighted by Gasteiger charge is 2.08. The molecular weight excluding hydrogens is 180 g/mol. The lowest BCUT2D eigenvalue weighted by atomic mass is 10.4. The lowest BCUT2D eigenvalue weighted by Gasteiger charge is -2.17. The molecule has 14 heavy (non-hydrogen) atoms. The van der Waals surface area contributed by atoms with E-state index in [4.69, 9.17) is 10.00 Å². The van der Waals surface area contributed by atoms with Crippen molar-refractivity contribution in [3.63, 3.8) is 0 Å². The van der Waals surface area contributed by atoms with Gasteiger partial charge in [0.1, 0.15) is 6.07 Å². The minimum Gasteiger partial charge on any atom is -0.383 e. The summed E-state index contributed by atoms with van der Waals surface area (Å²) in [5.74, 6) is 0.590. The number of hydrogen-bond acceptors (Lipinski definition) is 5. The first kappa shape index (κ1) is 10.4. The third-order valence-electron chi connectivity index (χ3n) is 1.78. The summed E-state index contributed by atoms with van der Waals surface area (Å²) >= 11 is 0. The average Bonchev–Trinajstić information content (AvgIpc) is 2.25. The number of nitriles is 1. The number of ether oxygens (including phenoxy) is 1. The van der Waals surface area contributed by atoms with E-state index < -0.39 is 0 Å².